The van der Waals surface area contributed by atoms with E-state index in [9.17, 15) is 4.79 Å². The van der Waals surface area contributed by atoms with E-state index in [0.717, 1.165) is 11.3 Å². The molecule has 0 aliphatic carbocycles. The van der Waals surface area contributed by atoms with Crippen molar-refractivity contribution < 1.29 is 14.6 Å². The second-order valence-corrected chi connectivity index (χ2v) is 4.11. The van der Waals surface area contributed by atoms with E-state index >= 15 is 0 Å². The highest BCUT2D eigenvalue weighted by atomic mass is 32.1. The number of hydrogen-bond acceptors (Lipinski definition) is 3. The van der Waals surface area contributed by atoms with Crippen LogP contribution in [0.15, 0.2) is 30.5 Å². The first-order chi connectivity index (χ1) is 8.61. The molecule has 2 N–H and O–H groups in total. The Kier molecular flexibility index (Phi) is 3.47. The first-order valence-electron chi connectivity index (χ1n) is 5.26. The molecule has 0 fully saturated rings. The summed E-state index contributed by atoms with van der Waals surface area (Å²) in [6.07, 6.45) is 1.40. The molecule has 0 unspecified atom stereocenters. The predicted molar refractivity (Wildman–Crippen MR) is 68.7 cm³/mol. The van der Waals surface area contributed by atoms with E-state index in [-0.39, 0.29) is 5.69 Å². The van der Waals surface area contributed by atoms with Crippen LogP contribution in [-0.4, -0.2) is 27.7 Å². The molecule has 1 aromatic carbocycles. The van der Waals surface area contributed by atoms with Gasteiger partial charge < -0.3 is 19.4 Å². The van der Waals surface area contributed by atoms with E-state index in [4.69, 9.17) is 22.1 Å². The fraction of sp³-hybridized carbons (Fsp3) is 0.167. The van der Waals surface area contributed by atoms with E-state index in [1.807, 2.05) is 24.3 Å². The molecule has 0 saturated carbocycles. The number of carbonyl (C=O) groups is 1. The second kappa shape index (κ2) is 5.05. The molecule has 5 nitrogen and oxygen atoms in total. The van der Waals surface area contributed by atoms with Crippen molar-refractivity contribution >= 4 is 18.2 Å². The molecule has 2 rings (SSSR count). The Hall–Kier alpha value is -2.08. The quantitative estimate of drug-likeness (QED) is 0.831. The van der Waals surface area contributed by atoms with Gasteiger partial charge in [-0.25, -0.2) is 4.79 Å². The molecule has 1 heterocycles. The number of aromatic nitrogens is 2. The molecule has 94 valence electrons. The fourth-order valence-electron chi connectivity index (χ4n) is 1.64. The summed E-state index contributed by atoms with van der Waals surface area (Å²) < 4.78 is 7.00. The average Bonchev–Trinajstić information content (AvgIpc) is 2.72. The minimum Gasteiger partial charge on any atom is -0.497 e. The zero-order chi connectivity index (χ0) is 13.1. The van der Waals surface area contributed by atoms with Gasteiger partial charge in [-0.05, 0) is 29.9 Å². The lowest BCUT2D eigenvalue weighted by Crippen LogP contribution is -2.09. The van der Waals surface area contributed by atoms with Crippen LogP contribution in [0.1, 0.15) is 16.1 Å². The number of H-pyrrole nitrogens is 1. The van der Waals surface area contributed by atoms with E-state index in [2.05, 4.69) is 4.98 Å². The molecular weight excluding hydrogens is 252 g/mol. The Bertz CT molecular complexity index is 613. The summed E-state index contributed by atoms with van der Waals surface area (Å²) in [4.78, 5) is 13.8. The van der Waals surface area contributed by atoms with Gasteiger partial charge in [-0.3, -0.25) is 0 Å². The molecule has 0 amide bonds. The Balaban J connectivity index is 2.30. The molecule has 0 bridgehead atoms. The molecule has 0 atom stereocenters. The third kappa shape index (κ3) is 2.43. The normalized spacial score (nSPS) is 10.3. The van der Waals surface area contributed by atoms with Crippen molar-refractivity contribution in [2.75, 3.05) is 7.11 Å². The Labute approximate surface area is 109 Å². The summed E-state index contributed by atoms with van der Waals surface area (Å²) in [5.41, 5.74) is 1.10. The number of carboxylic acid groups (broad SMARTS) is 1. The zero-order valence-electron chi connectivity index (χ0n) is 9.71. The Morgan fingerprint density at radius 1 is 1.44 bits per heavy atom. The van der Waals surface area contributed by atoms with Crippen LogP contribution in [-0.2, 0) is 6.54 Å². The molecule has 18 heavy (non-hydrogen) atoms. The third-order valence-electron chi connectivity index (χ3n) is 2.59. The van der Waals surface area contributed by atoms with Crippen LogP contribution in [0, 0.1) is 4.77 Å². The largest absolute Gasteiger partial charge is 0.497 e. The van der Waals surface area contributed by atoms with Gasteiger partial charge in [0.05, 0.1) is 13.7 Å². The number of hydrogen-bond donors (Lipinski definition) is 2. The SMILES string of the molecule is COc1ccc(Cn2c(C(=O)O)c[nH]c2=S)cc1. The summed E-state index contributed by atoms with van der Waals surface area (Å²) >= 11 is 5.06. The second-order valence-electron chi connectivity index (χ2n) is 3.72. The summed E-state index contributed by atoms with van der Waals surface area (Å²) in [5.74, 6) is -0.245. The maximum atomic E-state index is 11.0. The summed E-state index contributed by atoms with van der Waals surface area (Å²) in [5, 5.41) is 9.03. The molecule has 0 saturated heterocycles. The van der Waals surface area contributed by atoms with Crippen molar-refractivity contribution in [1.82, 2.24) is 9.55 Å². The van der Waals surface area contributed by atoms with Crippen molar-refractivity contribution in [2.24, 2.45) is 0 Å². The van der Waals surface area contributed by atoms with E-state index in [1.54, 1.807) is 11.7 Å². The molecule has 0 spiro atoms. The van der Waals surface area contributed by atoms with Crippen LogP contribution >= 0.6 is 12.2 Å². The van der Waals surface area contributed by atoms with Gasteiger partial charge >= 0.3 is 5.97 Å². The third-order valence-corrected chi connectivity index (χ3v) is 2.93. The van der Waals surface area contributed by atoms with Crippen molar-refractivity contribution in [3.05, 3.63) is 46.5 Å². The highest BCUT2D eigenvalue weighted by molar-refractivity contribution is 7.71. The number of rotatable bonds is 4. The highest BCUT2D eigenvalue weighted by Gasteiger charge is 2.11. The number of carboxylic acids is 1. The molecule has 0 radical (unpaired) electrons. The van der Waals surface area contributed by atoms with Crippen molar-refractivity contribution in [2.45, 2.75) is 6.54 Å². The average molecular weight is 264 g/mol. The number of aromatic amines is 1. The number of nitrogens with zero attached hydrogens (tertiary/aromatic N) is 1. The van der Waals surface area contributed by atoms with Gasteiger partial charge in [-0.15, -0.1) is 0 Å². The standard InChI is InChI=1S/C12H12N2O3S/c1-17-9-4-2-8(3-5-9)7-14-10(11(15)16)6-13-12(14)18/h2-6H,7H2,1H3,(H,13,18)(H,15,16). The summed E-state index contributed by atoms with van der Waals surface area (Å²) in [6, 6.07) is 7.40. The monoisotopic (exact) mass is 264 g/mol. The van der Waals surface area contributed by atoms with Crippen LogP contribution in [0.2, 0.25) is 0 Å². The van der Waals surface area contributed by atoms with Crippen LogP contribution in [0.4, 0.5) is 0 Å². The first kappa shape index (κ1) is 12.4. The first-order valence-corrected chi connectivity index (χ1v) is 5.67. The maximum absolute atomic E-state index is 11.0. The van der Waals surface area contributed by atoms with Crippen LogP contribution < -0.4 is 4.74 Å². The number of benzene rings is 1. The lowest BCUT2D eigenvalue weighted by Gasteiger charge is -2.06. The van der Waals surface area contributed by atoms with Gasteiger partial charge in [0, 0.05) is 6.20 Å². The van der Waals surface area contributed by atoms with Crippen molar-refractivity contribution in [1.29, 1.82) is 0 Å². The number of methoxy groups -OCH3 is 1. The Morgan fingerprint density at radius 3 is 2.67 bits per heavy atom. The van der Waals surface area contributed by atoms with Crippen LogP contribution in [0.3, 0.4) is 0 Å². The molecule has 1 aromatic heterocycles. The maximum Gasteiger partial charge on any atom is 0.354 e. The van der Waals surface area contributed by atoms with Crippen LogP contribution in [0.25, 0.3) is 0 Å². The van der Waals surface area contributed by atoms with E-state index < -0.39 is 5.97 Å². The minimum absolute atomic E-state index is 0.149. The molecular formula is C12H12N2O3S. The topological polar surface area (TPSA) is 67.2 Å². The molecule has 0 aliphatic rings. The minimum atomic E-state index is -1.00. The van der Waals surface area contributed by atoms with Gasteiger partial charge in [-0.2, -0.15) is 0 Å². The number of nitrogens with one attached hydrogen (secondary N) is 1. The summed E-state index contributed by atoms with van der Waals surface area (Å²) in [7, 11) is 1.60. The summed E-state index contributed by atoms with van der Waals surface area (Å²) in [6.45, 7) is 0.411. The van der Waals surface area contributed by atoms with Gasteiger partial charge in [0.15, 0.2) is 4.77 Å². The smallest absolute Gasteiger partial charge is 0.354 e. The van der Waals surface area contributed by atoms with Gasteiger partial charge in [0.1, 0.15) is 11.4 Å². The van der Waals surface area contributed by atoms with Crippen molar-refractivity contribution in [3.63, 3.8) is 0 Å². The number of aromatic carboxylic acids is 1. The van der Waals surface area contributed by atoms with Gasteiger partial charge in [-0.1, -0.05) is 12.1 Å². The molecule has 0 aliphatic heterocycles. The molecule has 2 aromatic rings. The lowest BCUT2D eigenvalue weighted by atomic mass is 10.2. The molecule has 6 heteroatoms. The highest BCUT2D eigenvalue weighted by Crippen LogP contribution is 2.13. The van der Waals surface area contributed by atoms with Gasteiger partial charge in [0.25, 0.3) is 0 Å². The number of ether oxygens (including phenoxy) is 1. The predicted octanol–water partition coefficient (Wildman–Crippen LogP) is 2.30. The van der Waals surface area contributed by atoms with Crippen molar-refractivity contribution in [3.8, 4) is 5.75 Å². The van der Waals surface area contributed by atoms with Crippen LogP contribution in [0.5, 0.6) is 5.75 Å². The van der Waals surface area contributed by atoms with E-state index in [1.165, 1.54) is 6.20 Å². The lowest BCUT2D eigenvalue weighted by molar-refractivity contribution is 0.0685. The number of imidazole rings is 1. The zero-order valence-corrected chi connectivity index (χ0v) is 10.5. The Morgan fingerprint density at radius 2 is 2.11 bits per heavy atom. The fourth-order valence-corrected chi connectivity index (χ4v) is 1.86. The van der Waals surface area contributed by atoms with Gasteiger partial charge in [0.2, 0.25) is 0 Å². The van der Waals surface area contributed by atoms with E-state index in [0.29, 0.717) is 11.3 Å².